The summed E-state index contributed by atoms with van der Waals surface area (Å²) in [5, 5.41) is 6.46. The molecule has 0 radical (unpaired) electrons. The van der Waals surface area contributed by atoms with Crippen molar-refractivity contribution < 1.29 is 4.79 Å². The van der Waals surface area contributed by atoms with Crippen molar-refractivity contribution in [3.05, 3.63) is 41.9 Å². The van der Waals surface area contributed by atoms with Crippen LogP contribution in [0.2, 0.25) is 0 Å². The lowest BCUT2D eigenvalue weighted by Gasteiger charge is -2.34. The Kier molecular flexibility index (Phi) is 3.83. The molecule has 3 heterocycles. The lowest BCUT2D eigenvalue weighted by Crippen LogP contribution is -2.48. The summed E-state index contributed by atoms with van der Waals surface area (Å²) < 4.78 is 0. The van der Waals surface area contributed by atoms with Gasteiger partial charge in [0, 0.05) is 51.2 Å². The number of hydrogen-bond donors (Lipinski definition) is 2. The van der Waals surface area contributed by atoms with Crippen molar-refractivity contribution in [2.24, 2.45) is 0 Å². The highest BCUT2D eigenvalue weighted by atomic mass is 16.2. The number of amides is 1. The molecule has 0 aromatic carbocycles. The number of H-pyrrole nitrogens is 1. The van der Waals surface area contributed by atoms with Gasteiger partial charge in [-0.3, -0.25) is 19.8 Å². The van der Waals surface area contributed by atoms with E-state index in [0.717, 1.165) is 19.6 Å². The van der Waals surface area contributed by atoms with Crippen molar-refractivity contribution in [3.63, 3.8) is 0 Å². The Morgan fingerprint density at radius 3 is 2.76 bits per heavy atom. The molecule has 3 N–H and O–H groups in total. The monoisotopic (exact) mass is 286 g/mol. The molecular formula is C14H18N6O. The third kappa shape index (κ3) is 3.19. The molecule has 21 heavy (non-hydrogen) atoms. The van der Waals surface area contributed by atoms with E-state index in [9.17, 15) is 4.79 Å². The van der Waals surface area contributed by atoms with Gasteiger partial charge in [-0.25, -0.2) is 0 Å². The van der Waals surface area contributed by atoms with Crippen LogP contribution in [0.3, 0.4) is 0 Å². The highest BCUT2D eigenvalue weighted by Gasteiger charge is 2.23. The summed E-state index contributed by atoms with van der Waals surface area (Å²) in [6, 6.07) is 5.58. The predicted molar refractivity (Wildman–Crippen MR) is 78.4 cm³/mol. The van der Waals surface area contributed by atoms with Gasteiger partial charge >= 0.3 is 0 Å². The first-order valence-electron chi connectivity index (χ1n) is 6.94. The van der Waals surface area contributed by atoms with E-state index < -0.39 is 0 Å². The van der Waals surface area contributed by atoms with Crippen LogP contribution in [0.4, 0.5) is 5.82 Å². The predicted octanol–water partition coefficient (Wildman–Crippen LogP) is 0.345. The number of piperazine rings is 1. The van der Waals surface area contributed by atoms with Crippen LogP contribution in [0.5, 0.6) is 0 Å². The highest BCUT2D eigenvalue weighted by molar-refractivity contribution is 5.93. The summed E-state index contributed by atoms with van der Waals surface area (Å²) in [6.07, 6.45) is 3.65. The normalized spacial score (nSPS) is 16.1. The third-order valence-corrected chi connectivity index (χ3v) is 3.62. The Bertz CT molecular complexity index is 603. The lowest BCUT2D eigenvalue weighted by molar-refractivity contribution is 0.0622. The molecule has 3 rings (SSSR count). The molecule has 0 unspecified atom stereocenters. The minimum absolute atomic E-state index is 0.0415. The molecule has 1 fully saturated rings. The van der Waals surface area contributed by atoms with E-state index in [1.54, 1.807) is 12.3 Å². The second-order valence-electron chi connectivity index (χ2n) is 5.14. The number of pyridine rings is 1. The van der Waals surface area contributed by atoms with Gasteiger partial charge in [0.2, 0.25) is 0 Å². The topological polar surface area (TPSA) is 91.1 Å². The van der Waals surface area contributed by atoms with E-state index in [4.69, 9.17) is 5.73 Å². The number of carbonyl (C=O) groups is 1. The summed E-state index contributed by atoms with van der Waals surface area (Å²) in [7, 11) is 0. The van der Waals surface area contributed by atoms with Crippen LogP contribution < -0.4 is 5.73 Å². The van der Waals surface area contributed by atoms with Crippen LogP contribution in [0, 0.1) is 0 Å². The Labute approximate surface area is 122 Å². The molecule has 110 valence electrons. The van der Waals surface area contributed by atoms with Crippen LogP contribution >= 0.6 is 0 Å². The van der Waals surface area contributed by atoms with Gasteiger partial charge in [0.1, 0.15) is 11.5 Å². The average molecular weight is 286 g/mol. The van der Waals surface area contributed by atoms with E-state index in [1.165, 1.54) is 5.56 Å². The van der Waals surface area contributed by atoms with Crippen molar-refractivity contribution >= 4 is 11.7 Å². The number of anilines is 1. The zero-order valence-corrected chi connectivity index (χ0v) is 11.7. The summed E-state index contributed by atoms with van der Waals surface area (Å²) in [4.78, 5) is 20.5. The van der Waals surface area contributed by atoms with Gasteiger partial charge in [0.05, 0.1) is 0 Å². The highest BCUT2D eigenvalue weighted by Crippen LogP contribution is 2.11. The van der Waals surface area contributed by atoms with Crippen molar-refractivity contribution in [2.45, 2.75) is 6.54 Å². The van der Waals surface area contributed by atoms with Crippen LogP contribution in [-0.4, -0.2) is 57.1 Å². The maximum atomic E-state index is 12.2. The van der Waals surface area contributed by atoms with Crippen molar-refractivity contribution in [1.82, 2.24) is 25.0 Å². The number of hydrogen-bond acceptors (Lipinski definition) is 5. The van der Waals surface area contributed by atoms with E-state index in [-0.39, 0.29) is 5.91 Å². The fourth-order valence-corrected chi connectivity index (χ4v) is 2.48. The standard InChI is InChI=1S/C14H18N6O/c15-13-8-12(17-18-13)14(21)20-6-4-19(5-7-20)10-11-2-1-3-16-9-11/h1-3,8-9H,4-7,10H2,(H3,15,17,18). The molecule has 7 nitrogen and oxygen atoms in total. The Morgan fingerprint density at radius 2 is 2.14 bits per heavy atom. The van der Waals surface area contributed by atoms with Crippen LogP contribution in [0.25, 0.3) is 0 Å². The molecule has 1 aliphatic rings. The van der Waals surface area contributed by atoms with Gasteiger partial charge < -0.3 is 10.6 Å². The van der Waals surface area contributed by atoms with E-state index in [2.05, 4.69) is 26.1 Å². The van der Waals surface area contributed by atoms with Gasteiger partial charge in [0.15, 0.2) is 0 Å². The van der Waals surface area contributed by atoms with E-state index in [0.29, 0.717) is 24.6 Å². The number of nitrogens with zero attached hydrogens (tertiary/aromatic N) is 4. The summed E-state index contributed by atoms with van der Waals surface area (Å²) in [5.41, 5.74) is 7.17. The average Bonchev–Trinajstić information content (AvgIpc) is 2.95. The molecule has 0 aliphatic carbocycles. The second-order valence-corrected chi connectivity index (χ2v) is 5.14. The number of nitrogens with two attached hydrogens (primary N) is 1. The number of carbonyl (C=O) groups excluding carboxylic acids is 1. The first kappa shape index (κ1) is 13.6. The minimum Gasteiger partial charge on any atom is -0.382 e. The molecule has 0 atom stereocenters. The van der Waals surface area contributed by atoms with Gasteiger partial charge in [0.25, 0.3) is 5.91 Å². The van der Waals surface area contributed by atoms with E-state index >= 15 is 0 Å². The first-order valence-corrected chi connectivity index (χ1v) is 6.94. The minimum atomic E-state index is -0.0415. The number of rotatable bonds is 3. The number of nitrogen functional groups attached to an aromatic ring is 1. The number of aromatic nitrogens is 3. The molecule has 1 saturated heterocycles. The molecule has 0 bridgehead atoms. The Morgan fingerprint density at radius 1 is 1.33 bits per heavy atom. The molecule has 2 aromatic heterocycles. The largest absolute Gasteiger partial charge is 0.382 e. The molecule has 2 aromatic rings. The zero-order valence-electron chi connectivity index (χ0n) is 11.7. The second kappa shape index (κ2) is 5.92. The van der Waals surface area contributed by atoms with Gasteiger partial charge in [-0.15, -0.1) is 0 Å². The van der Waals surface area contributed by atoms with Crippen molar-refractivity contribution in [2.75, 3.05) is 31.9 Å². The number of nitrogens with one attached hydrogen (secondary N) is 1. The maximum absolute atomic E-state index is 12.2. The summed E-state index contributed by atoms with van der Waals surface area (Å²) >= 11 is 0. The first-order chi connectivity index (χ1) is 10.2. The fourth-order valence-electron chi connectivity index (χ4n) is 2.48. The SMILES string of the molecule is Nc1cc(C(=O)N2CCN(Cc3cccnc3)CC2)[nH]n1. The fraction of sp³-hybridized carbons (Fsp3) is 0.357. The summed E-state index contributed by atoms with van der Waals surface area (Å²) in [5.74, 6) is 0.300. The summed E-state index contributed by atoms with van der Waals surface area (Å²) in [6.45, 7) is 3.98. The van der Waals surface area contributed by atoms with Gasteiger partial charge in [-0.2, -0.15) is 5.10 Å². The third-order valence-electron chi connectivity index (χ3n) is 3.62. The smallest absolute Gasteiger partial charge is 0.272 e. The van der Waals surface area contributed by atoms with Gasteiger partial charge in [-0.05, 0) is 11.6 Å². The maximum Gasteiger partial charge on any atom is 0.272 e. The number of aromatic amines is 1. The molecule has 1 aliphatic heterocycles. The molecule has 0 spiro atoms. The van der Waals surface area contributed by atoms with Gasteiger partial charge in [-0.1, -0.05) is 6.07 Å². The van der Waals surface area contributed by atoms with Crippen molar-refractivity contribution in [3.8, 4) is 0 Å². The molecule has 1 amide bonds. The molecule has 0 saturated carbocycles. The van der Waals surface area contributed by atoms with E-state index in [1.807, 2.05) is 17.2 Å². The lowest BCUT2D eigenvalue weighted by atomic mass is 10.2. The molecular weight excluding hydrogens is 268 g/mol. The zero-order chi connectivity index (χ0) is 14.7. The quantitative estimate of drug-likeness (QED) is 0.849. The Balaban J connectivity index is 1.54. The van der Waals surface area contributed by atoms with Crippen LogP contribution in [0.1, 0.15) is 16.1 Å². The molecule has 7 heteroatoms. The Hall–Kier alpha value is -2.41. The van der Waals surface area contributed by atoms with Crippen LogP contribution in [-0.2, 0) is 6.54 Å². The van der Waals surface area contributed by atoms with Crippen molar-refractivity contribution in [1.29, 1.82) is 0 Å². The van der Waals surface area contributed by atoms with Crippen LogP contribution in [0.15, 0.2) is 30.6 Å².